The maximum Gasteiger partial charge on any atom is 0.391 e. The molecule has 1 saturated carbocycles. The Kier molecular flexibility index (Phi) is 6.26. The molecule has 4 nitrogen and oxygen atoms in total. The van der Waals surface area contributed by atoms with Gasteiger partial charge in [-0.15, -0.1) is 11.3 Å². The Labute approximate surface area is 138 Å². The number of halogens is 3. The van der Waals surface area contributed by atoms with Crippen LogP contribution >= 0.6 is 11.3 Å². The van der Waals surface area contributed by atoms with E-state index in [-0.39, 0.29) is 18.9 Å². The van der Waals surface area contributed by atoms with Crippen molar-refractivity contribution in [3.05, 3.63) is 16.1 Å². The maximum absolute atomic E-state index is 12.7. The molecular formula is C15H23F3N4S. The monoisotopic (exact) mass is 348 g/mol. The summed E-state index contributed by atoms with van der Waals surface area (Å²) in [5.41, 5.74) is 0. The first kappa shape index (κ1) is 18.0. The van der Waals surface area contributed by atoms with Gasteiger partial charge in [-0.05, 0) is 32.1 Å². The third-order valence-electron chi connectivity index (χ3n) is 4.11. The normalized spacial score (nSPS) is 22.9. The van der Waals surface area contributed by atoms with Crippen molar-refractivity contribution in [1.29, 1.82) is 0 Å². The van der Waals surface area contributed by atoms with E-state index in [1.807, 2.05) is 6.20 Å². The summed E-state index contributed by atoms with van der Waals surface area (Å²) >= 11 is 1.65. The Morgan fingerprint density at radius 2 is 2.04 bits per heavy atom. The highest BCUT2D eigenvalue weighted by atomic mass is 32.1. The number of hydrogen-bond donors (Lipinski definition) is 2. The number of nitrogens with one attached hydrogen (secondary N) is 2. The average Bonchev–Trinajstić information content (AvgIpc) is 2.99. The highest BCUT2D eigenvalue weighted by Crippen LogP contribution is 2.37. The van der Waals surface area contributed by atoms with Crippen molar-refractivity contribution in [2.75, 3.05) is 7.05 Å². The Balaban J connectivity index is 1.77. The lowest BCUT2D eigenvalue weighted by Crippen LogP contribution is -2.45. The summed E-state index contributed by atoms with van der Waals surface area (Å²) in [4.78, 5) is 9.70. The summed E-state index contributed by atoms with van der Waals surface area (Å²) in [7, 11) is 1.66. The zero-order chi connectivity index (χ0) is 16.9. The van der Waals surface area contributed by atoms with E-state index in [4.69, 9.17) is 0 Å². The van der Waals surface area contributed by atoms with Crippen molar-refractivity contribution in [2.45, 2.75) is 57.8 Å². The van der Waals surface area contributed by atoms with Gasteiger partial charge in [-0.1, -0.05) is 6.92 Å². The van der Waals surface area contributed by atoms with E-state index in [9.17, 15) is 13.2 Å². The second-order valence-electron chi connectivity index (χ2n) is 5.73. The molecule has 0 radical (unpaired) electrons. The van der Waals surface area contributed by atoms with Crippen LogP contribution in [0.3, 0.4) is 0 Å². The quantitative estimate of drug-likeness (QED) is 0.647. The molecule has 2 N–H and O–H groups in total. The first-order valence-electron chi connectivity index (χ1n) is 7.89. The van der Waals surface area contributed by atoms with Crippen LogP contribution in [-0.4, -0.2) is 30.2 Å². The number of hydrogen-bond acceptors (Lipinski definition) is 3. The van der Waals surface area contributed by atoms with Gasteiger partial charge in [-0.2, -0.15) is 13.2 Å². The van der Waals surface area contributed by atoms with Crippen LogP contribution < -0.4 is 10.6 Å². The number of aliphatic imine (C=N–C) groups is 1. The molecule has 130 valence electrons. The maximum atomic E-state index is 12.7. The highest BCUT2D eigenvalue weighted by Gasteiger charge is 2.41. The van der Waals surface area contributed by atoms with Crippen molar-refractivity contribution < 1.29 is 13.2 Å². The number of nitrogens with zero attached hydrogens (tertiary/aromatic N) is 2. The topological polar surface area (TPSA) is 49.3 Å². The SMILES string of the molecule is CCc1cnc(CNC(=NC)NC2CCC(C(F)(F)F)CC2)s1. The van der Waals surface area contributed by atoms with Gasteiger partial charge in [0.15, 0.2) is 5.96 Å². The van der Waals surface area contributed by atoms with E-state index < -0.39 is 12.1 Å². The molecule has 8 heteroatoms. The Morgan fingerprint density at radius 1 is 1.35 bits per heavy atom. The summed E-state index contributed by atoms with van der Waals surface area (Å²) in [6.07, 6.45) is 0.176. The van der Waals surface area contributed by atoms with Crippen LogP contribution in [0.25, 0.3) is 0 Å². The average molecular weight is 348 g/mol. The lowest BCUT2D eigenvalue weighted by atomic mass is 9.85. The summed E-state index contributed by atoms with van der Waals surface area (Å²) in [6, 6.07) is 0.0438. The molecule has 0 atom stereocenters. The number of rotatable bonds is 4. The van der Waals surface area contributed by atoms with Crippen LogP contribution in [0.1, 0.15) is 42.5 Å². The van der Waals surface area contributed by atoms with Gasteiger partial charge in [-0.3, -0.25) is 4.99 Å². The molecule has 0 amide bonds. The fraction of sp³-hybridized carbons (Fsp3) is 0.733. The van der Waals surface area contributed by atoms with Gasteiger partial charge in [0.05, 0.1) is 12.5 Å². The van der Waals surface area contributed by atoms with Gasteiger partial charge in [-0.25, -0.2) is 4.98 Å². The fourth-order valence-electron chi connectivity index (χ4n) is 2.71. The van der Waals surface area contributed by atoms with Gasteiger partial charge in [0, 0.05) is 24.2 Å². The summed E-state index contributed by atoms with van der Waals surface area (Å²) in [5.74, 6) is -0.535. The van der Waals surface area contributed by atoms with Gasteiger partial charge < -0.3 is 10.6 Å². The van der Waals surface area contributed by atoms with Crippen molar-refractivity contribution in [1.82, 2.24) is 15.6 Å². The molecule has 0 bridgehead atoms. The molecule has 1 aromatic rings. The minimum absolute atomic E-state index is 0.0438. The molecule has 1 aliphatic rings. The molecule has 1 heterocycles. The van der Waals surface area contributed by atoms with Crippen molar-refractivity contribution in [3.63, 3.8) is 0 Å². The van der Waals surface area contributed by atoms with E-state index in [1.54, 1.807) is 18.4 Å². The first-order valence-corrected chi connectivity index (χ1v) is 8.71. The van der Waals surface area contributed by atoms with Crippen LogP contribution in [0.2, 0.25) is 0 Å². The standard InChI is InChI=1S/C15H23F3N4S/c1-3-12-8-20-13(23-12)9-21-14(19-2)22-11-6-4-10(5-7-11)15(16,17)18/h8,10-11H,3-7,9H2,1-2H3,(H2,19,21,22). The van der Waals surface area contributed by atoms with E-state index in [0.717, 1.165) is 11.4 Å². The Bertz CT molecular complexity index is 519. The van der Waals surface area contributed by atoms with Crippen LogP contribution in [-0.2, 0) is 13.0 Å². The number of thiazole rings is 1. The Hall–Kier alpha value is -1.31. The smallest absolute Gasteiger partial charge is 0.354 e. The largest absolute Gasteiger partial charge is 0.391 e. The number of aryl methyl sites for hydroxylation is 1. The van der Waals surface area contributed by atoms with Crippen molar-refractivity contribution >= 4 is 17.3 Å². The molecule has 1 aromatic heterocycles. The molecular weight excluding hydrogens is 325 g/mol. The fourth-order valence-corrected chi connectivity index (χ4v) is 3.51. The van der Waals surface area contributed by atoms with Gasteiger partial charge in [0.1, 0.15) is 5.01 Å². The van der Waals surface area contributed by atoms with E-state index >= 15 is 0 Å². The molecule has 0 aliphatic heterocycles. The summed E-state index contributed by atoms with van der Waals surface area (Å²) in [6.45, 7) is 2.66. The first-order chi connectivity index (χ1) is 10.9. The van der Waals surface area contributed by atoms with Crippen molar-refractivity contribution in [3.8, 4) is 0 Å². The predicted octanol–water partition coefficient (Wildman–Crippen LogP) is 3.49. The molecule has 23 heavy (non-hydrogen) atoms. The molecule has 0 unspecified atom stereocenters. The van der Waals surface area contributed by atoms with Gasteiger partial charge in [0.25, 0.3) is 0 Å². The van der Waals surface area contributed by atoms with E-state index in [0.29, 0.717) is 25.3 Å². The highest BCUT2D eigenvalue weighted by molar-refractivity contribution is 7.11. The zero-order valence-electron chi connectivity index (χ0n) is 13.4. The lowest BCUT2D eigenvalue weighted by molar-refractivity contribution is -0.182. The van der Waals surface area contributed by atoms with Crippen LogP contribution in [0.5, 0.6) is 0 Å². The number of alkyl halides is 3. The second-order valence-corrected chi connectivity index (χ2v) is 6.93. The molecule has 0 saturated heterocycles. The van der Waals surface area contributed by atoms with Gasteiger partial charge in [0.2, 0.25) is 0 Å². The minimum atomic E-state index is -4.06. The summed E-state index contributed by atoms with van der Waals surface area (Å²) in [5, 5.41) is 7.37. The van der Waals surface area contributed by atoms with Crippen LogP contribution in [0.15, 0.2) is 11.2 Å². The van der Waals surface area contributed by atoms with Gasteiger partial charge >= 0.3 is 6.18 Å². The molecule has 0 spiro atoms. The van der Waals surface area contributed by atoms with Crippen LogP contribution in [0, 0.1) is 5.92 Å². The van der Waals surface area contributed by atoms with E-state index in [2.05, 4.69) is 27.5 Å². The van der Waals surface area contributed by atoms with Crippen LogP contribution in [0.4, 0.5) is 13.2 Å². The number of aromatic nitrogens is 1. The zero-order valence-corrected chi connectivity index (χ0v) is 14.2. The Morgan fingerprint density at radius 3 is 2.57 bits per heavy atom. The molecule has 2 rings (SSSR count). The molecule has 1 fully saturated rings. The van der Waals surface area contributed by atoms with Crippen molar-refractivity contribution in [2.24, 2.45) is 10.9 Å². The van der Waals surface area contributed by atoms with E-state index in [1.165, 1.54) is 4.88 Å². The number of guanidine groups is 1. The minimum Gasteiger partial charge on any atom is -0.354 e. The summed E-state index contributed by atoms with van der Waals surface area (Å²) < 4.78 is 38.0. The predicted molar refractivity (Wildman–Crippen MR) is 86.6 cm³/mol. The molecule has 0 aromatic carbocycles. The molecule has 1 aliphatic carbocycles. The lowest BCUT2D eigenvalue weighted by Gasteiger charge is -2.31. The third kappa shape index (κ3) is 5.37. The third-order valence-corrected chi connectivity index (χ3v) is 5.25. The second kappa shape index (κ2) is 7.99.